The van der Waals surface area contributed by atoms with E-state index in [1.165, 1.54) is 128 Å². The van der Waals surface area contributed by atoms with E-state index in [1.54, 1.807) is 0 Å². The number of thiol groups is 2. The van der Waals surface area contributed by atoms with Crippen LogP contribution >= 0.6 is 25.3 Å². The molecule has 6 saturated heterocycles. The summed E-state index contributed by atoms with van der Waals surface area (Å²) in [7, 11) is 26.9. The van der Waals surface area contributed by atoms with E-state index in [4.69, 9.17) is 142 Å². The van der Waals surface area contributed by atoms with E-state index in [1.807, 2.05) is 0 Å². The summed E-state index contributed by atoms with van der Waals surface area (Å²) in [6, 6.07) is -0.690. The first-order valence-electron chi connectivity index (χ1n) is 31.5. The summed E-state index contributed by atoms with van der Waals surface area (Å²) in [5, 5.41) is 3.00. The van der Waals surface area contributed by atoms with Gasteiger partial charge in [-0.25, -0.2) is 10.3 Å². The zero-order valence-electron chi connectivity index (χ0n) is 58.3. The Bertz CT molecular complexity index is 2170. The zero-order valence-corrected chi connectivity index (χ0v) is 60.1. The predicted octanol–water partition coefficient (Wildman–Crippen LogP) is -1.51. The van der Waals surface area contributed by atoms with Crippen LogP contribution in [0.1, 0.15) is 12.8 Å². The van der Waals surface area contributed by atoms with Gasteiger partial charge in [-0.1, -0.05) is 0 Å². The molecule has 0 bridgehead atoms. The molecule has 562 valence electrons. The molecular weight excluding hydrogens is 1320 g/mol. The van der Waals surface area contributed by atoms with Crippen molar-refractivity contribution >= 4 is 37.1 Å². The highest BCUT2D eigenvalue weighted by Crippen LogP contribution is 2.41. The van der Waals surface area contributed by atoms with Gasteiger partial charge in [0.25, 0.3) is 0 Å². The number of ether oxygens (including phenoxy) is 29. The first kappa shape index (κ1) is 83.4. The molecule has 6 aliphatic heterocycles. The average molecular weight is 1430 g/mol. The third-order valence-electron chi connectivity index (χ3n) is 17.6. The summed E-state index contributed by atoms with van der Waals surface area (Å²) >= 11 is 8.37. The third-order valence-corrected chi connectivity index (χ3v) is 18.1. The van der Waals surface area contributed by atoms with Gasteiger partial charge in [-0.05, 0) is 11.5 Å². The van der Waals surface area contributed by atoms with Crippen molar-refractivity contribution in [1.29, 1.82) is 0 Å². The fourth-order valence-electron chi connectivity index (χ4n) is 13.3. The van der Waals surface area contributed by atoms with Crippen molar-refractivity contribution in [2.45, 2.75) is 197 Å². The molecule has 36 heteroatoms. The van der Waals surface area contributed by atoms with E-state index < -0.39 is 190 Å². The van der Waals surface area contributed by atoms with Gasteiger partial charge in [0.1, 0.15) is 140 Å². The van der Waals surface area contributed by atoms with Crippen molar-refractivity contribution in [1.82, 2.24) is 10.8 Å². The van der Waals surface area contributed by atoms with Crippen LogP contribution in [-0.2, 0) is 152 Å². The number of carbonyl (C=O) groups excluding carboxylic acids is 2. The Hall–Kier alpha value is -1.56. The van der Waals surface area contributed by atoms with Gasteiger partial charge >= 0.3 is 0 Å². The summed E-state index contributed by atoms with van der Waals surface area (Å²) in [6.07, 6.45) is -28.4. The fraction of sp³-hybridized carbons (Fsp3) is 0.967. The molecule has 0 aromatic rings. The minimum Gasteiger partial charge on any atom is -0.382 e. The lowest BCUT2D eigenvalue weighted by Gasteiger charge is -2.52. The van der Waals surface area contributed by atoms with Crippen LogP contribution in [0.25, 0.3) is 0 Å². The van der Waals surface area contributed by atoms with Crippen molar-refractivity contribution in [3.05, 3.63) is 0 Å². The summed E-state index contributed by atoms with van der Waals surface area (Å²) in [5.41, 5.74) is 2.39. The first-order valence-corrected chi connectivity index (χ1v) is 32.8. The Labute approximate surface area is 573 Å². The lowest BCUT2D eigenvalue weighted by Crippen LogP contribution is -2.69. The van der Waals surface area contributed by atoms with Crippen LogP contribution in [0.2, 0.25) is 0 Å². The van der Waals surface area contributed by atoms with E-state index in [2.05, 4.69) is 36.1 Å². The molecule has 0 aromatic carbocycles. The van der Waals surface area contributed by atoms with Crippen LogP contribution in [0, 0.1) is 0 Å². The molecule has 0 unspecified atom stereocenters. The number of carbonyl (C=O) groups is 2. The molecular formula is C60H108N2O32S2. The van der Waals surface area contributed by atoms with Gasteiger partial charge in [-0.3, -0.25) is 9.59 Å². The van der Waals surface area contributed by atoms with E-state index in [-0.39, 0.29) is 58.4 Å². The van der Waals surface area contributed by atoms with Gasteiger partial charge in [0.05, 0.1) is 45.7 Å². The summed E-state index contributed by atoms with van der Waals surface area (Å²) < 4.78 is 182. The highest BCUT2D eigenvalue weighted by Gasteiger charge is 2.60. The van der Waals surface area contributed by atoms with Gasteiger partial charge in [0, 0.05) is 141 Å². The third kappa shape index (κ3) is 20.2. The lowest BCUT2D eigenvalue weighted by molar-refractivity contribution is -0.402. The zero-order chi connectivity index (χ0) is 70.2. The van der Waals surface area contributed by atoms with Crippen LogP contribution in [-0.4, -0.2) is 375 Å². The highest BCUT2D eigenvalue weighted by molar-refractivity contribution is 7.80. The predicted molar refractivity (Wildman–Crippen MR) is 335 cm³/mol. The monoisotopic (exact) mass is 1430 g/mol. The maximum absolute atomic E-state index is 12.9. The molecule has 2 amide bonds. The number of rotatable bonds is 41. The second-order valence-electron chi connectivity index (χ2n) is 23.1. The molecule has 34 nitrogen and oxygen atoms in total. The second kappa shape index (κ2) is 42.9. The minimum absolute atomic E-state index is 0.00164. The van der Waals surface area contributed by atoms with Crippen LogP contribution < -0.4 is 10.8 Å². The Morgan fingerprint density at radius 3 is 0.750 bits per heavy atom. The van der Waals surface area contributed by atoms with Gasteiger partial charge < -0.3 is 143 Å². The van der Waals surface area contributed by atoms with Crippen molar-refractivity contribution in [2.24, 2.45) is 0 Å². The van der Waals surface area contributed by atoms with Crippen LogP contribution in [0.4, 0.5) is 0 Å². The Morgan fingerprint density at radius 1 is 0.281 bits per heavy atom. The Morgan fingerprint density at radius 2 is 0.500 bits per heavy atom. The van der Waals surface area contributed by atoms with Gasteiger partial charge in [-0.15, -0.1) is 0 Å². The molecule has 6 rings (SSSR count). The van der Waals surface area contributed by atoms with E-state index in [9.17, 15) is 9.59 Å². The SMILES string of the molecule is COC[C@H]1O[C@H](O[C@H]2[C@H](OC)[C@@H](OC)[C@@H](O[C@H]3[C@H](OC)[C@@H](OC)[C@@H](O[C@H]4[C@H](OC)[C@@H](OC)[C@@H](O[C@H]5[C@H](OC)[C@@H](OC)[C@@H](O[C@H]6[C@H](OC)[C@@H](OC)[C@@H](ONC(=O)CCS)O[C@@H]6COC)O[C@@H]5COC)O[C@@H]4COC)O[C@@H]3COC)O[C@@H]2COC)[C@H](OC)[C@@H](OC)[C@@H]1NC(=O)CCS. The second-order valence-corrected chi connectivity index (χ2v) is 24.0. The van der Waals surface area contributed by atoms with Gasteiger partial charge in [0.2, 0.25) is 18.1 Å². The largest absolute Gasteiger partial charge is 0.382 e. The number of hydrogen-bond donors (Lipinski definition) is 4. The van der Waals surface area contributed by atoms with E-state index >= 15 is 0 Å². The van der Waals surface area contributed by atoms with Gasteiger partial charge in [0.15, 0.2) is 31.5 Å². The maximum Gasteiger partial charge on any atom is 0.244 e. The molecule has 6 aliphatic rings. The molecule has 0 aliphatic carbocycles. The van der Waals surface area contributed by atoms with Crippen LogP contribution in [0.3, 0.4) is 0 Å². The van der Waals surface area contributed by atoms with Crippen molar-refractivity contribution in [3.63, 3.8) is 0 Å². The summed E-state index contributed by atoms with van der Waals surface area (Å²) in [4.78, 5) is 31.0. The minimum atomic E-state index is -1.23. The smallest absolute Gasteiger partial charge is 0.244 e. The molecule has 0 aromatic heterocycles. The maximum atomic E-state index is 12.9. The van der Waals surface area contributed by atoms with Crippen molar-refractivity contribution < 1.29 is 152 Å². The number of nitrogens with one attached hydrogen (secondary N) is 2. The quantitative estimate of drug-likeness (QED) is 0.0399. The van der Waals surface area contributed by atoms with Crippen molar-refractivity contribution in [3.8, 4) is 0 Å². The molecule has 0 spiro atoms. The molecule has 0 radical (unpaired) electrons. The number of hydroxylamine groups is 1. The van der Waals surface area contributed by atoms with E-state index in [0.29, 0.717) is 11.5 Å². The number of hydrogen-bond acceptors (Lipinski definition) is 34. The van der Waals surface area contributed by atoms with Gasteiger partial charge in [-0.2, -0.15) is 25.3 Å². The topological polar surface area (TPSA) is 335 Å². The normalized spacial score (nSPS) is 40.7. The first-order chi connectivity index (χ1) is 46.6. The summed E-state index contributed by atoms with van der Waals surface area (Å²) in [5.74, 6) is -0.0402. The molecule has 6 heterocycles. The fourth-order valence-corrected chi connectivity index (χ4v) is 13.7. The summed E-state index contributed by atoms with van der Waals surface area (Å²) in [6.45, 7) is -0.0938. The Balaban J connectivity index is 1.23. The number of amides is 2. The van der Waals surface area contributed by atoms with Crippen molar-refractivity contribution in [2.75, 3.05) is 179 Å². The van der Waals surface area contributed by atoms with E-state index in [0.717, 1.165) is 0 Å². The standard InChI is InChI=1S/C60H108N2O32S2/c1-65-23-29-37(61-35(63)19-21-95)43(71-7)49(77-13)55(83-29)89-38-30(24-66-2)84-56(50(78-14)44(38)72-8)90-39-31(25-67-3)85-57(51(79-15)45(39)73-9)91-40-32(26-68-4)86-58(52(80-16)46(40)74-10)92-41-33(27-69-5)87-59(53(81-17)47(41)75-11)93-42-34(28-70-6)88-60(54(82-18)48(42)76-12)94-62-36(64)20-22-96/h29-34,37-60,95-96H,19-28H2,1-18H3,(H,61,63)(H,62,64)/t29-,30-,31-,32-,33-,34-,37-,38-,39-,40-,41-,42-,43+,44+,45+,46+,47+,48+,49-,50-,51-,52-,53-,54-,55-,56-,57-,58-,59-,60-/m1/s1. The van der Waals surface area contributed by atoms with Crippen LogP contribution in [0.5, 0.6) is 0 Å². The molecule has 30 atom stereocenters. The average Bonchev–Trinajstić information content (AvgIpc) is 1.04. The molecule has 2 N–H and O–H groups in total. The number of methoxy groups -OCH3 is 18. The Kier molecular flexibility index (Phi) is 37.3. The highest BCUT2D eigenvalue weighted by atomic mass is 32.1. The molecule has 0 saturated carbocycles. The molecule has 6 fully saturated rings. The van der Waals surface area contributed by atoms with Crippen LogP contribution in [0.15, 0.2) is 0 Å². The lowest BCUT2D eigenvalue weighted by atomic mass is 9.94. The molecule has 96 heavy (non-hydrogen) atoms.